The van der Waals surface area contributed by atoms with Crippen LogP contribution < -0.4 is 15.9 Å². The second-order valence-corrected chi connectivity index (χ2v) is 4.02. The highest BCUT2D eigenvalue weighted by Crippen LogP contribution is 2.12. The van der Waals surface area contributed by atoms with Crippen molar-refractivity contribution in [2.24, 2.45) is 0 Å². The molecular weight excluding hydrogens is 250 g/mol. The van der Waals surface area contributed by atoms with Crippen LogP contribution in [0.1, 0.15) is 17.5 Å². The van der Waals surface area contributed by atoms with E-state index in [1.807, 2.05) is 12.1 Å². The van der Waals surface area contributed by atoms with Gasteiger partial charge < -0.3 is 20.0 Å². The highest BCUT2D eigenvalue weighted by Gasteiger charge is 2.10. The van der Waals surface area contributed by atoms with Crippen LogP contribution in [0.3, 0.4) is 0 Å². The minimum Gasteiger partial charge on any atom is -0.497 e. The van der Waals surface area contributed by atoms with Gasteiger partial charge in [-0.1, -0.05) is 12.1 Å². The molecule has 1 atom stereocenters. The molecular formula is C12H15N3O4. The van der Waals surface area contributed by atoms with Gasteiger partial charge in [0, 0.05) is 6.20 Å². The van der Waals surface area contributed by atoms with Crippen molar-refractivity contribution in [1.82, 2.24) is 15.0 Å². The number of nitrogens with one attached hydrogen (secondary N) is 2. The van der Waals surface area contributed by atoms with Crippen LogP contribution >= 0.6 is 0 Å². The fourth-order valence-electron chi connectivity index (χ4n) is 1.71. The van der Waals surface area contributed by atoms with Gasteiger partial charge in [0.2, 0.25) is 0 Å². The number of aromatic amines is 1. The summed E-state index contributed by atoms with van der Waals surface area (Å²) in [5.41, 5.74) is 2.41. The number of hydrogen-bond donors (Lipinski definition) is 4. The predicted molar refractivity (Wildman–Crippen MR) is 67.0 cm³/mol. The average molecular weight is 265 g/mol. The van der Waals surface area contributed by atoms with Crippen LogP contribution in [-0.4, -0.2) is 27.0 Å². The molecule has 2 rings (SSSR count). The van der Waals surface area contributed by atoms with E-state index in [4.69, 9.17) is 9.94 Å². The third-order valence-electron chi connectivity index (χ3n) is 2.74. The number of nitrogens with zero attached hydrogens (tertiary/aromatic N) is 1. The molecule has 0 bridgehead atoms. The van der Waals surface area contributed by atoms with Gasteiger partial charge in [0.25, 0.3) is 0 Å². The number of aromatic nitrogens is 2. The molecule has 19 heavy (non-hydrogen) atoms. The Morgan fingerprint density at radius 3 is 2.68 bits per heavy atom. The maximum absolute atomic E-state index is 11.7. The minimum absolute atomic E-state index is 0.195. The van der Waals surface area contributed by atoms with Gasteiger partial charge >= 0.3 is 5.69 Å². The van der Waals surface area contributed by atoms with E-state index in [0.717, 1.165) is 11.3 Å². The minimum atomic E-state index is -1.31. The third kappa shape index (κ3) is 3.02. The Bertz CT molecular complexity index is 588. The van der Waals surface area contributed by atoms with E-state index in [1.54, 1.807) is 24.7 Å². The largest absolute Gasteiger partial charge is 0.497 e. The number of rotatable bonds is 5. The van der Waals surface area contributed by atoms with E-state index >= 15 is 0 Å². The first-order chi connectivity index (χ1) is 9.13. The van der Waals surface area contributed by atoms with Crippen LogP contribution in [0.4, 0.5) is 0 Å². The van der Waals surface area contributed by atoms with Crippen molar-refractivity contribution < 1.29 is 15.1 Å². The SMILES string of the molecule is COc1ccc(Cn2cc(C(O)NO)[nH]c2=O)cc1. The van der Waals surface area contributed by atoms with E-state index < -0.39 is 6.23 Å². The summed E-state index contributed by atoms with van der Waals surface area (Å²) >= 11 is 0. The van der Waals surface area contributed by atoms with Gasteiger partial charge in [-0.3, -0.25) is 4.57 Å². The number of H-pyrrole nitrogens is 1. The lowest BCUT2D eigenvalue weighted by Crippen LogP contribution is -2.18. The van der Waals surface area contributed by atoms with Gasteiger partial charge in [-0.15, -0.1) is 0 Å². The van der Waals surface area contributed by atoms with Crippen molar-refractivity contribution in [2.45, 2.75) is 12.8 Å². The molecule has 7 nitrogen and oxygen atoms in total. The molecule has 0 radical (unpaired) electrons. The van der Waals surface area contributed by atoms with Gasteiger partial charge in [-0.05, 0) is 17.7 Å². The molecule has 1 heterocycles. The van der Waals surface area contributed by atoms with Crippen molar-refractivity contribution in [1.29, 1.82) is 0 Å². The highest BCUT2D eigenvalue weighted by molar-refractivity contribution is 5.27. The fourth-order valence-corrected chi connectivity index (χ4v) is 1.71. The molecule has 4 N–H and O–H groups in total. The topological polar surface area (TPSA) is 99.5 Å². The highest BCUT2D eigenvalue weighted by atomic mass is 16.5. The second kappa shape index (κ2) is 5.70. The summed E-state index contributed by atoms with van der Waals surface area (Å²) in [7, 11) is 1.58. The summed E-state index contributed by atoms with van der Waals surface area (Å²) in [4.78, 5) is 14.1. The molecule has 0 aliphatic heterocycles. The van der Waals surface area contributed by atoms with Crippen molar-refractivity contribution in [3.63, 3.8) is 0 Å². The number of benzene rings is 1. The lowest BCUT2D eigenvalue weighted by Gasteiger charge is -2.05. The van der Waals surface area contributed by atoms with Crippen LogP contribution in [0.25, 0.3) is 0 Å². The standard InChI is InChI=1S/C12H15N3O4/c1-19-9-4-2-8(3-5-9)6-15-7-10(11(16)14-18)13-12(15)17/h2-5,7,11,14,16,18H,6H2,1H3,(H,13,17). The van der Waals surface area contributed by atoms with Gasteiger partial charge in [-0.25, -0.2) is 4.79 Å². The molecule has 1 unspecified atom stereocenters. The molecule has 2 aromatic rings. The first-order valence-corrected chi connectivity index (χ1v) is 5.64. The van der Waals surface area contributed by atoms with E-state index in [-0.39, 0.29) is 11.4 Å². The zero-order chi connectivity index (χ0) is 13.8. The van der Waals surface area contributed by atoms with Gasteiger partial charge in [0.15, 0.2) is 6.23 Å². The number of hydrogen-bond acceptors (Lipinski definition) is 5. The Hall–Kier alpha value is -2.09. The van der Waals surface area contributed by atoms with Crippen molar-refractivity contribution >= 4 is 0 Å². The summed E-state index contributed by atoms with van der Waals surface area (Å²) in [5, 5.41) is 17.9. The van der Waals surface area contributed by atoms with Crippen LogP contribution in [0.15, 0.2) is 35.3 Å². The van der Waals surface area contributed by atoms with Crippen LogP contribution in [0.2, 0.25) is 0 Å². The summed E-state index contributed by atoms with van der Waals surface area (Å²) in [6.45, 7) is 0.359. The van der Waals surface area contributed by atoms with Crippen LogP contribution in [-0.2, 0) is 6.54 Å². The summed E-state index contributed by atoms with van der Waals surface area (Å²) in [6, 6.07) is 7.30. The maximum Gasteiger partial charge on any atom is 0.326 e. The first-order valence-electron chi connectivity index (χ1n) is 5.64. The maximum atomic E-state index is 11.7. The van der Waals surface area contributed by atoms with E-state index in [1.165, 1.54) is 10.8 Å². The number of aliphatic hydroxyl groups is 1. The van der Waals surface area contributed by atoms with Gasteiger partial charge in [0.05, 0.1) is 19.3 Å². The predicted octanol–water partition coefficient (Wildman–Crippen LogP) is 0.203. The molecule has 0 amide bonds. The lowest BCUT2D eigenvalue weighted by atomic mass is 10.2. The average Bonchev–Trinajstić information content (AvgIpc) is 2.80. The van der Waals surface area contributed by atoms with Crippen molar-refractivity contribution in [3.05, 3.63) is 52.2 Å². The second-order valence-electron chi connectivity index (χ2n) is 4.02. The molecule has 102 valence electrons. The Morgan fingerprint density at radius 2 is 2.11 bits per heavy atom. The first kappa shape index (κ1) is 13.3. The summed E-state index contributed by atoms with van der Waals surface area (Å²) in [6.07, 6.45) is 0.130. The molecule has 7 heteroatoms. The zero-order valence-corrected chi connectivity index (χ0v) is 10.3. The number of hydroxylamine groups is 1. The summed E-state index contributed by atoms with van der Waals surface area (Å²) in [5.74, 6) is 0.741. The van der Waals surface area contributed by atoms with Crippen molar-refractivity contribution in [2.75, 3.05) is 7.11 Å². The normalized spacial score (nSPS) is 12.4. The Morgan fingerprint density at radius 1 is 1.42 bits per heavy atom. The molecule has 0 aliphatic rings. The van der Waals surface area contributed by atoms with E-state index in [0.29, 0.717) is 6.54 Å². The molecule has 0 aliphatic carbocycles. The molecule has 0 spiro atoms. The Balaban J connectivity index is 2.18. The quantitative estimate of drug-likeness (QED) is 0.457. The van der Waals surface area contributed by atoms with Gasteiger partial charge in [-0.2, -0.15) is 5.48 Å². The van der Waals surface area contributed by atoms with E-state index in [9.17, 15) is 9.90 Å². The Labute approximate surface area is 109 Å². The van der Waals surface area contributed by atoms with Crippen molar-refractivity contribution in [3.8, 4) is 5.75 Å². The number of methoxy groups -OCH3 is 1. The third-order valence-corrected chi connectivity index (χ3v) is 2.74. The number of imidazole rings is 1. The number of ether oxygens (including phenoxy) is 1. The van der Waals surface area contributed by atoms with Gasteiger partial charge in [0.1, 0.15) is 5.75 Å². The van der Waals surface area contributed by atoms with Crippen LogP contribution in [0.5, 0.6) is 5.75 Å². The van der Waals surface area contributed by atoms with Crippen LogP contribution in [0, 0.1) is 0 Å². The monoisotopic (exact) mass is 265 g/mol. The lowest BCUT2D eigenvalue weighted by molar-refractivity contribution is -0.00174. The fraction of sp³-hybridized carbons (Fsp3) is 0.250. The number of aliphatic hydroxyl groups excluding tert-OH is 1. The Kier molecular flexibility index (Phi) is 4.00. The summed E-state index contributed by atoms with van der Waals surface area (Å²) < 4.78 is 6.45. The molecule has 1 aromatic heterocycles. The molecule has 0 saturated carbocycles. The zero-order valence-electron chi connectivity index (χ0n) is 10.3. The molecule has 0 saturated heterocycles. The molecule has 0 fully saturated rings. The smallest absolute Gasteiger partial charge is 0.326 e. The molecule has 1 aromatic carbocycles. The van der Waals surface area contributed by atoms with E-state index in [2.05, 4.69) is 4.98 Å².